The molecule has 2 heterocycles. The Labute approximate surface area is 185 Å². The highest BCUT2D eigenvalue weighted by molar-refractivity contribution is 7.22. The molecule has 4 rings (SSSR count). The molecule has 0 unspecified atom stereocenters. The van der Waals surface area contributed by atoms with E-state index in [4.69, 9.17) is 4.74 Å². The van der Waals surface area contributed by atoms with Gasteiger partial charge in [-0.2, -0.15) is 0 Å². The molecular weight excluding hydrogens is 434 g/mol. The van der Waals surface area contributed by atoms with Gasteiger partial charge in [-0.25, -0.2) is 15.0 Å². The van der Waals surface area contributed by atoms with Crippen LogP contribution in [0.4, 0.5) is 22.5 Å². The Kier molecular flexibility index (Phi) is 5.77. The van der Waals surface area contributed by atoms with Crippen LogP contribution >= 0.6 is 11.3 Å². The number of nitrogens with one attached hydrogen (secondary N) is 3. The van der Waals surface area contributed by atoms with Crippen molar-refractivity contribution < 1.29 is 14.5 Å². The van der Waals surface area contributed by atoms with E-state index < -0.39 is 16.5 Å². The SMILES string of the molecule is COc1ccccc1C(=O)NNc1ncnc(Nc2nc3c(C)cccc3s2)c1[N+](=O)[O-]. The zero-order valence-corrected chi connectivity index (χ0v) is 17.8. The molecule has 32 heavy (non-hydrogen) atoms. The highest BCUT2D eigenvalue weighted by Gasteiger charge is 2.25. The second kappa shape index (κ2) is 8.81. The van der Waals surface area contributed by atoms with Crippen LogP contribution in [0.25, 0.3) is 10.2 Å². The first-order chi connectivity index (χ1) is 15.5. The number of fused-ring (bicyclic) bond motifs is 1. The molecule has 162 valence electrons. The van der Waals surface area contributed by atoms with Crippen molar-refractivity contribution in [2.75, 3.05) is 17.9 Å². The summed E-state index contributed by atoms with van der Waals surface area (Å²) in [5.74, 6) is -0.437. The molecular formula is C20H17N7O4S. The van der Waals surface area contributed by atoms with Gasteiger partial charge in [-0.05, 0) is 30.7 Å². The molecule has 0 aliphatic carbocycles. The van der Waals surface area contributed by atoms with E-state index in [0.717, 1.165) is 22.1 Å². The number of hydrogen-bond acceptors (Lipinski definition) is 10. The third kappa shape index (κ3) is 4.11. The number of para-hydroxylation sites is 2. The Morgan fingerprint density at radius 3 is 2.66 bits per heavy atom. The fraction of sp³-hybridized carbons (Fsp3) is 0.100. The van der Waals surface area contributed by atoms with Gasteiger partial charge >= 0.3 is 5.69 Å². The lowest BCUT2D eigenvalue weighted by molar-refractivity contribution is -0.383. The summed E-state index contributed by atoms with van der Waals surface area (Å²) in [6.45, 7) is 1.94. The van der Waals surface area contributed by atoms with Crippen LogP contribution in [-0.2, 0) is 0 Å². The molecule has 0 aliphatic heterocycles. The molecule has 3 N–H and O–H groups in total. The fourth-order valence-corrected chi connectivity index (χ4v) is 3.93. The van der Waals surface area contributed by atoms with Crippen LogP contribution in [0.1, 0.15) is 15.9 Å². The zero-order chi connectivity index (χ0) is 22.7. The van der Waals surface area contributed by atoms with Crippen LogP contribution in [0.2, 0.25) is 0 Å². The second-order valence-electron chi connectivity index (χ2n) is 6.52. The van der Waals surface area contributed by atoms with E-state index in [-0.39, 0.29) is 17.2 Å². The molecule has 0 spiro atoms. The van der Waals surface area contributed by atoms with Gasteiger partial charge < -0.3 is 10.1 Å². The molecule has 0 aliphatic rings. The number of nitro groups is 1. The lowest BCUT2D eigenvalue weighted by Crippen LogP contribution is -2.30. The molecule has 11 nitrogen and oxygen atoms in total. The topological polar surface area (TPSA) is 144 Å². The fourth-order valence-electron chi connectivity index (χ4n) is 2.99. The number of aromatic nitrogens is 3. The molecule has 0 fully saturated rings. The highest BCUT2D eigenvalue weighted by atomic mass is 32.1. The number of anilines is 3. The predicted molar refractivity (Wildman–Crippen MR) is 120 cm³/mol. The summed E-state index contributed by atoms with van der Waals surface area (Å²) >= 11 is 1.34. The molecule has 0 radical (unpaired) electrons. The Balaban J connectivity index is 1.59. The van der Waals surface area contributed by atoms with Crippen molar-refractivity contribution in [3.63, 3.8) is 0 Å². The summed E-state index contributed by atoms with van der Waals surface area (Å²) in [7, 11) is 1.44. The average Bonchev–Trinajstić information content (AvgIpc) is 3.21. The number of benzene rings is 2. The van der Waals surface area contributed by atoms with Crippen molar-refractivity contribution in [1.29, 1.82) is 0 Å². The van der Waals surface area contributed by atoms with Crippen molar-refractivity contribution >= 4 is 49.9 Å². The maximum absolute atomic E-state index is 12.5. The summed E-state index contributed by atoms with van der Waals surface area (Å²) in [6.07, 6.45) is 1.14. The minimum Gasteiger partial charge on any atom is -0.496 e. The van der Waals surface area contributed by atoms with E-state index in [1.165, 1.54) is 18.4 Å². The zero-order valence-electron chi connectivity index (χ0n) is 16.9. The number of hydrazine groups is 1. The van der Waals surface area contributed by atoms with E-state index in [1.807, 2.05) is 25.1 Å². The van der Waals surface area contributed by atoms with Crippen LogP contribution in [0.3, 0.4) is 0 Å². The van der Waals surface area contributed by atoms with Crippen LogP contribution in [0.15, 0.2) is 48.8 Å². The van der Waals surface area contributed by atoms with Crippen molar-refractivity contribution in [3.8, 4) is 5.75 Å². The smallest absolute Gasteiger partial charge is 0.355 e. The number of carbonyl (C=O) groups is 1. The molecule has 1 amide bonds. The summed E-state index contributed by atoms with van der Waals surface area (Å²) in [4.78, 5) is 36.0. The molecule has 0 saturated heterocycles. The van der Waals surface area contributed by atoms with Crippen molar-refractivity contribution in [2.24, 2.45) is 0 Å². The van der Waals surface area contributed by atoms with E-state index in [0.29, 0.717) is 10.9 Å². The van der Waals surface area contributed by atoms with Gasteiger partial charge in [-0.1, -0.05) is 35.6 Å². The Morgan fingerprint density at radius 1 is 1.12 bits per heavy atom. The largest absolute Gasteiger partial charge is 0.496 e. The summed E-state index contributed by atoms with van der Waals surface area (Å²) in [6, 6.07) is 12.4. The third-order valence-electron chi connectivity index (χ3n) is 4.50. The lowest BCUT2D eigenvalue weighted by Gasteiger charge is -2.11. The van der Waals surface area contributed by atoms with Gasteiger partial charge in [0.2, 0.25) is 11.6 Å². The number of aryl methyl sites for hydroxylation is 1. The van der Waals surface area contributed by atoms with Gasteiger partial charge in [0.1, 0.15) is 12.1 Å². The molecule has 4 aromatic rings. The molecule has 0 bridgehead atoms. The van der Waals surface area contributed by atoms with Gasteiger partial charge in [0.05, 0.1) is 27.8 Å². The summed E-state index contributed by atoms with van der Waals surface area (Å²) < 4.78 is 6.10. The number of methoxy groups -OCH3 is 1. The second-order valence-corrected chi connectivity index (χ2v) is 7.55. The quantitative estimate of drug-likeness (QED) is 0.282. The Morgan fingerprint density at radius 2 is 1.91 bits per heavy atom. The number of carbonyl (C=O) groups excluding carboxylic acids is 1. The first-order valence-corrected chi connectivity index (χ1v) is 10.1. The summed E-state index contributed by atoms with van der Waals surface area (Å²) in [5, 5.41) is 15.1. The normalized spacial score (nSPS) is 10.6. The van der Waals surface area contributed by atoms with E-state index >= 15 is 0 Å². The van der Waals surface area contributed by atoms with Gasteiger partial charge in [-0.3, -0.25) is 25.8 Å². The Hall–Kier alpha value is -4.32. The van der Waals surface area contributed by atoms with Crippen molar-refractivity contribution in [3.05, 3.63) is 70.0 Å². The minimum absolute atomic E-state index is 0.0595. The standard InChI is InChI=1S/C20H17N7O4S/c1-11-6-5-9-14-15(11)23-20(32-14)24-17-16(27(29)30)18(22-10-21-17)25-26-19(28)12-7-3-4-8-13(12)31-2/h3-10H,1-2H3,(H,26,28)(H2,21,22,23,24,25). The van der Waals surface area contributed by atoms with E-state index in [9.17, 15) is 14.9 Å². The van der Waals surface area contributed by atoms with E-state index in [1.54, 1.807) is 24.3 Å². The maximum atomic E-state index is 12.5. The molecule has 0 atom stereocenters. The van der Waals surface area contributed by atoms with Crippen molar-refractivity contribution in [2.45, 2.75) is 6.92 Å². The third-order valence-corrected chi connectivity index (χ3v) is 5.43. The number of rotatable bonds is 7. The van der Waals surface area contributed by atoms with Crippen LogP contribution in [0, 0.1) is 17.0 Å². The van der Waals surface area contributed by atoms with Crippen LogP contribution in [0.5, 0.6) is 5.75 Å². The lowest BCUT2D eigenvalue weighted by atomic mass is 10.2. The van der Waals surface area contributed by atoms with Gasteiger partial charge in [0.15, 0.2) is 5.13 Å². The average molecular weight is 451 g/mol. The first kappa shape index (κ1) is 20.9. The summed E-state index contributed by atoms with van der Waals surface area (Å²) in [5.41, 5.74) is 6.51. The number of nitrogens with zero attached hydrogens (tertiary/aromatic N) is 4. The molecule has 0 saturated carbocycles. The maximum Gasteiger partial charge on any atom is 0.355 e. The van der Waals surface area contributed by atoms with E-state index in [2.05, 4.69) is 31.1 Å². The molecule has 2 aromatic carbocycles. The van der Waals surface area contributed by atoms with Gasteiger partial charge in [0.25, 0.3) is 5.91 Å². The van der Waals surface area contributed by atoms with Crippen molar-refractivity contribution in [1.82, 2.24) is 20.4 Å². The first-order valence-electron chi connectivity index (χ1n) is 9.30. The number of amides is 1. The Bertz CT molecular complexity index is 1320. The molecule has 2 aromatic heterocycles. The minimum atomic E-state index is -0.640. The predicted octanol–water partition coefficient (Wildman–Crippen LogP) is 3.81. The monoisotopic (exact) mass is 451 g/mol. The molecule has 12 heteroatoms. The van der Waals surface area contributed by atoms with Crippen LogP contribution in [-0.4, -0.2) is 32.9 Å². The highest BCUT2D eigenvalue weighted by Crippen LogP contribution is 2.34. The number of ether oxygens (including phenoxy) is 1. The van der Waals surface area contributed by atoms with Gasteiger partial charge in [0, 0.05) is 0 Å². The van der Waals surface area contributed by atoms with Gasteiger partial charge in [-0.15, -0.1) is 0 Å². The number of hydrogen-bond donors (Lipinski definition) is 3. The number of thiazole rings is 1. The van der Waals surface area contributed by atoms with Crippen LogP contribution < -0.4 is 20.9 Å².